The van der Waals surface area contributed by atoms with Gasteiger partial charge in [0.1, 0.15) is 36.3 Å². The molecule has 0 spiro atoms. The Bertz CT molecular complexity index is 941. The normalized spacial score (nSPS) is 28.7. The molecule has 4 N–H and O–H groups in total. The fourth-order valence-corrected chi connectivity index (χ4v) is 5.35. The molecule has 2 aromatic rings. The smallest absolute Gasteiger partial charge is 0.119 e. The van der Waals surface area contributed by atoms with Crippen molar-refractivity contribution in [1.82, 2.24) is 0 Å². The van der Waals surface area contributed by atoms with E-state index in [4.69, 9.17) is 21.1 Å². The number of rotatable bonds is 8. The van der Waals surface area contributed by atoms with Crippen LogP contribution in [0.5, 0.6) is 5.75 Å². The Hall–Kier alpha value is -1.67. The van der Waals surface area contributed by atoms with Crippen LogP contribution in [0.4, 0.5) is 0 Å². The van der Waals surface area contributed by atoms with Crippen LogP contribution in [0.2, 0.25) is 5.02 Å². The number of aliphatic hydroxyl groups is 4. The zero-order valence-corrected chi connectivity index (χ0v) is 20.3. The van der Waals surface area contributed by atoms with Gasteiger partial charge in [-0.3, -0.25) is 0 Å². The molecule has 1 heterocycles. The summed E-state index contributed by atoms with van der Waals surface area (Å²) in [7, 11) is 0. The van der Waals surface area contributed by atoms with Crippen molar-refractivity contribution in [2.75, 3.05) is 13.2 Å². The molecule has 186 valence electrons. The second-order valence-electron chi connectivity index (χ2n) is 9.77. The Morgan fingerprint density at radius 1 is 1.00 bits per heavy atom. The standard InChI is InChI=1S/C27H35ClO6/c1-2-27(11-3-4-12-27)16-33-20-8-5-17(6-9-20)13-19-14-18(7-10-21(19)28)26-25(32)24(31)23(30)22(15-29)34-26/h5-10,14,22-26,29-32H,2-4,11-13,15-16H2,1H3/t22?,23?,24?,25-,26-/m1/s1. The summed E-state index contributed by atoms with van der Waals surface area (Å²) >= 11 is 6.46. The number of hydrogen-bond donors (Lipinski definition) is 4. The lowest BCUT2D eigenvalue weighted by atomic mass is 9.84. The quantitative estimate of drug-likeness (QED) is 0.449. The summed E-state index contributed by atoms with van der Waals surface area (Å²) in [6.07, 6.45) is 0.818. The second-order valence-corrected chi connectivity index (χ2v) is 10.2. The lowest BCUT2D eigenvalue weighted by molar-refractivity contribution is -0.231. The van der Waals surface area contributed by atoms with Gasteiger partial charge in [0.25, 0.3) is 0 Å². The number of benzene rings is 2. The lowest BCUT2D eigenvalue weighted by Crippen LogP contribution is -2.55. The third kappa shape index (κ3) is 5.43. The van der Waals surface area contributed by atoms with Crippen LogP contribution < -0.4 is 4.74 Å². The maximum Gasteiger partial charge on any atom is 0.119 e. The Labute approximate surface area is 206 Å². The van der Waals surface area contributed by atoms with Crippen molar-refractivity contribution in [2.45, 2.75) is 76.0 Å². The van der Waals surface area contributed by atoms with E-state index in [1.54, 1.807) is 12.1 Å². The molecule has 2 aliphatic rings. The van der Waals surface area contributed by atoms with Crippen LogP contribution >= 0.6 is 11.6 Å². The molecule has 6 nitrogen and oxygen atoms in total. The molecule has 5 atom stereocenters. The summed E-state index contributed by atoms with van der Waals surface area (Å²) in [4.78, 5) is 0. The van der Waals surface area contributed by atoms with Crippen molar-refractivity contribution in [1.29, 1.82) is 0 Å². The SMILES string of the molecule is CCC1(COc2ccc(Cc3cc([C@H]4OC(CO)C(O)C(O)[C@H]4O)ccc3Cl)cc2)CCCC1. The minimum absolute atomic E-state index is 0.317. The van der Waals surface area contributed by atoms with Gasteiger partial charge in [0.2, 0.25) is 0 Å². The van der Waals surface area contributed by atoms with Gasteiger partial charge in [0.05, 0.1) is 13.2 Å². The molecule has 1 aliphatic heterocycles. The first-order valence-corrected chi connectivity index (χ1v) is 12.5. The number of hydrogen-bond acceptors (Lipinski definition) is 6. The summed E-state index contributed by atoms with van der Waals surface area (Å²) in [6.45, 7) is 2.55. The van der Waals surface area contributed by atoms with E-state index in [2.05, 4.69) is 6.92 Å². The molecule has 2 aromatic carbocycles. The number of halogens is 1. The van der Waals surface area contributed by atoms with Gasteiger partial charge in [0.15, 0.2) is 0 Å². The Morgan fingerprint density at radius 3 is 2.35 bits per heavy atom. The lowest BCUT2D eigenvalue weighted by Gasteiger charge is -2.40. The molecule has 1 saturated carbocycles. The Kier molecular flexibility index (Phi) is 8.18. The predicted molar refractivity (Wildman–Crippen MR) is 130 cm³/mol. The summed E-state index contributed by atoms with van der Waals surface area (Å²) < 4.78 is 11.8. The Balaban J connectivity index is 1.44. The van der Waals surface area contributed by atoms with Crippen molar-refractivity contribution >= 4 is 11.6 Å². The fourth-order valence-electron chi connectivity index (χ4n) is 5.17. The van der Waals surface area contributed by atoms with Crippen LogP contribution in [-0.2, 0) is 11.2 Å². The van der Waals surface area contributed by atoms with E-state index in [0.717, 1.165) is 29.9 Å². The molecule has 0 bridgehead atoms. The van der Waals surface area contributed by atoms with Crippen molar-refractivity contribution in [3.05, 3.63) is 64.2 Å². The van der Waals surface area contributed by atoms with Crippen molar-refractivity contribution in [3.8, 4) is 5.75 Å². The average molecular weight is 491 g/mol. The zero-order chi connectivity index (χ0) is 24.3. The summed E-state index contributed by atoms with van der Waals surface area (Å²) in [5, 5.41) is 40.7. The minimum Gasteiger partial charge on any atom is -0.493 e. The largest absolute Gasteiger partial charge is 0.493 e. The van der Waals surface area contributed by atoms with Crippen LogP contribution in [-0.4, -0.2) is 58.1 Å². The van der Waals surface area contributed by atoms with Crippen LogP contribution in [0.1, 0.15) is 61.8 Å². The molecule has 0 amide bonds. The van der Waals surface area contributed by atoms with Crippen molar-refractivity contribution in [2.24, 2.45) is 5.41 Å². The molecule has 1 saturated heterocycles. The van der Waals surface area contributed by atoms with E-state index >= 15 is 0 Å². The molecular formula is C27H35ClO6. The van der Waals surface area contributed by atoms with Gasteiger partial charge in [0, 0.05) is 10.4 Å². The van der Waals surface area contributed by atoms with Gasteiger partial charge in [-0.25, -0.2) is 0 Å². The van der Waals surface area contributed by atoms with Crippen LogP contribution in [0.3, 0.4) is 0 Å². The molecule has 7 heteroatoms. The molecule has 3 unspecified atom stereocenters. The Morgan fingerprint density at radius 2 is 1.71 bits per heavy atom. The molecule has 2 fully saturated rings. The topological polar surface area (TPSA) is 99.4 Å². The summed E-state index contributed by atoms with van der Waals surface area (Å²) in [6, 6.07) is 13.3. The van der Waals surface area contributed by atoms with E-state index in [-0.39, 0.29) is 0 Å². The van der Waals surface area contributed by atoms with E-state index in [9.17, 15) is 20.4 Å². The maximum atomic E-state index is 10.5. The number of aliphatic hydroxyl groups excluding tert-OH is 4. The monoisotopic (exact) mass is 490 g/mol. The first-order valence-electron chi connectivity index (χ1n) is 12.2. The first-order chi connectivity index (χ1) is 16.4. The summed E-state index contributed by atoms with van der Waals surface area (Å²) in [5.74, 6) is 0.865. The molecular weight excluding hydrogens is 456 g/mol. The second kappa shape index (κ2) is 10.9. The highest BCUT2D eigenvalue weighted by atomic mass is 35.5. The van der Waals surface area contributed by atoms with Crippen molar-refractivity contribution < 1.29 is 29.9 Å². The van der Waals surface area contributed by atoms with Gasteiger partial charge in [-0.15, -0.1) is 0 Å². The van der Waals surface area contributed by atoms with Crippen LogP contribution in [0.15, 0.2) is 42.5 Å². The average Bonchev–Trinajstić information content (AvgIpc) is 3.33. The van der Waals surface area contributed by atoms with Crippen molar-refractivity contribution in [3.63, 3.8) is 0 Å². The highest BCUT2D eigenvalue weighted by Gasteiger charge is 2.44. The first kappa shape index (κ1) is 25.4. The third-order valence-corrected chi connectivity index (χ3v) is 7.94. The molecule has 0 radical (unpaired) electrons. The molecule has 1 aliphatic carbocycles. The minimum atomic E-state index is -1.42. The molecule has 0 aromatic heterocycles. The third-order valence-electron chi connectivity index (χ3n) is 7.57. The highest BCUT2D eigenvalue weighted by molar-refractivity contribution is 6.31. The van der Waals surface area contributed by atoms with E-state index < -0.39 is 37.1 Å². The molecule has 4 rings (SSSR count). The summed E-state index contributed by atoms with van der Waals surface area (Å²) in [5.41, 5.74) is 2.85. The van der Waals surface area contributed by atoms with Gasteiger partial charge in [-0.2, -0.15) is 0 Å². The van der Waals surface area contributed by atoms with Gasteiger partial charge in [-0.1, -0.05) is 55.6 Å². The van der Waals surface area contributed by atoms with Gasteiger partial charge in [-0.05, 0) is 60.6 Å². The molecule has 34 heavy (non-hydrogen) atoms. The van der Waals surface area contributed by atoms with E-state index in [1.165, 1.54) is 25.7 Å². The van der Waals surface area contributed by atoms with Gasteiger partial charge < -0.3 is 29.9 Å². The van der Waals surface area contributed by atoms with Crippen LogP contribution in [0, 0.1) is 5.41 Å². The zero-order valence-electron chi connectivity index (χ0n) is 19.6. The highest BCUT2D eigenvalue weighted by Crippen LogP contribution is 2.41. The number of ether oxygens (including phenoxy) is 2. The fraction of sp³-hybridized carbons (Fsp3) is 0.556. The maximum absolute atomic E-state index is 10.5. The van der Waals surface area contributed by atoms with Crippen LogP contribution in [0.25, 0.3) is 0 Å². The predicted octanol–water partition coefficient (Wildman–Crippen LogP) is 3.79. The van der Waals surface area contributed by atoms with E-state index in [0.29, 0.717) is 22.4 Å². The van der Waals surface area contributed by atoms with E-state index in [1.807, 2.05) is 30.3 Å². The van der Waals surface area contributed by atoms with Gasteiger partial charge >= 0.3 is 0 Å².